The van der Waals surface area contributed by atoms with Crippen LogP contribution in [0.15, 0.2) is 61.0 Å². The highest BCUT2D eigenvalue weighted by molar-refractivity contribution is 6.13. The van der Waals surface area contributed by atoms with Crippen molar-refractivity contribution in [3.8, 4) is 0 Å². The first kappa shape index (κ1) is 13.4. The summed E-state index contributed by atoms with van der Waals surface area (Å²) in [5.74, 6) is -0.0372. The van der Waals surface area contributed by atoms with Gasteiger partial charge in [-0.2, -0.15) is 0 Å². The summed E-state index contributed by atoms with van der Waals surface area (Å²) in [7, 11) is 0. The number of hydrogen-bond donors (Lipinski definition) is 1. The second-order valence-electron chi connectivity index (χ2n) is 5.18. The lowest BCUT2D eigenvalue weighted by Crippen LogP contribution is -2.30. The number of nitrogens with zero attached hydrogens (tertiary/aromatic N) is 1. The van der Waals surface area contributed by atoms with Crippen molar-refractivity contribution in [3.63, 3.8) is 0 Å². The maximum atomic E-state index is 12.7. The standard InChI is InChI=1S/C18H17NO2/c1-13(20)19-12-6-10-14-9-5-11-16(17(14)19)18(21)15-7-3-2-4-8-15/h2-5,7-9,11,20H,1,6,10,12H2. The van der Waals surface area contributed by atoms with E-state index in [4.69, 9.17) is 0 Å². The Labute approximate surface area is 124 Å². The molecule has 2 aromatic rings. The van der Waals surface area contributed by atoms with Crippen LogP contribution in [0.1, 0.15) is 27.9 Å². The molecule has 0 atom stereocenters. The molecular weight excluding hydrogens is 262 g/mol. The number of benzene rings is 2. The number of anilines is 1. The van der Waals surface area contributed by atoms with Crippen LogP contribution in [0.3, 0.4) is 0 Å². The molecule has 3 rings (SSSR count). The fraction of sp³-hybridized carbons (Fsp3) is 0.167. The van der Waals surface area contributed by atoms with Gasteiger partial charge in [-0.25, -0.2) is 0 Å². The minimum absolute atomic E-state index is 0.00994. The van der Waals surface area contributed by atoms with Crippen molar-refractivity contribution in [3.05, 3.63) is 77.7 Å². The molecule has 2 aromatic carbocycles. The van der Waals surface area contributed by atoms with Gasteiger partial charge in [-0.15, -0.1) is 0 Å². The number of fused-ring (bicyclic) bond motifs is 1. The molecule has 0 aromatic heterocycles. The van der Waals surface area contributed by atoms with E-state index in [-0.39, 0.29) is 11.7 Å². The summed E-state index contributed by atoms with van der Waals surface area (Å²) in [4.78, 5) is 14.5. The number of para-hydroxylation sites is 1. The quantitative estimate of drug-likeness (QED) is 0.688. The minimum atomic E-state index is -0.0272. The Morgan fingerprint density at radius 3 is 2.57 bits per heavy atom. The first-order valence-corrected chi connectivity index (χ1v) is 7.05. The Hall–Kier alpha value is -2.55. The van der Waals surface area contributed by atoms with Gasteiger partial charge >= 0.3 is 0 Å². The van der Waals surface area contributed by atoms with Gasteiger partial charge in [0.05, 0.1) is 5.69 Å². The lowest BCUT2D eigenvalue weighted by Gasteiger charge is -2.31. The van der Waals surface area contributed by atoms with E-state index in [0.717, 1.165) is 24.1 Å². The van der Waals surface area contributed by atoms with Crippen molar-refractivity contribution in [1.82, 2.24) is 0 Å². The Balaban J connectivity index is 2.12. The predicted molar refractivity (Wildman–Crippen MR) is 83.8 cm³/mol. The van der Waals surface area contributed by atoms with Crippen LogP contribution < -0.4 is 4.90 Å². The first-order chi connectivity index (χ1) is 10.2. The van der Waals surface area contributed by atoms with Crippen LogP contribution in [0.4, 0.5) is 5.69 Å². The van der Waals surface area contributed by atoms with E-state index in [1.54, 1.807) is 4.90 Å². The minimum Gasteiger partial charge on any atom is -0.495 e. The molecule has 3 heteroatoms. The fourth-order valence-corrected chi connectivity index (χ4v) is 2.84. The van der Waals surface area contributed by atoms with Crippen LogP contribution in [0.2, 0.25) is 0 Å². The lowest BCUT2D eigenvalue weighted by atomic mass is 9.93. The summed E-state index contributed by atoms with van der Waals surface area (Å²) in [5, 5.41) is 9.82. The smallest absolute Gasteiger partial charge is 0.195 e. The Bertz CT molecular complexity index is 692. The van der Waals surface area contributed by atoms with Crippen LogP contribution in [0.5, 0.6) is 0 Å². The van der Waals surface area contributed by atoms with E-state index >= 15 is 0 Å². The molecule has 21 heavy (non-hydrogen) atoms. The molecule has 3 nitrogen and oxygen atoms in total. The number of aliphatic hydroxyl groups excluding tert-OH is 1. The van der Waals surface area contributed by atoms with E-state index in [1.165, 1.54) is 0 Å². The molecule has 1 heterocycles. The van der Waals surface area contributed by atoms with Crippen molar-refractivity contribution < 1.29 is 9.90 Å². The highest BCUT2D eigenvalue weighted by Crippen LogP contribution is 2.33. The van der Waals surface area contributed by atoms with Crippen LogP contribution in [-0.2, 0) is 6.42 Å². The molecule has 0 amide bonds. The van der Waals surface area contributed by atoms with Gasteiger partial charge in [-0.1, -0.05) is 42.5 Å². The molecule has 106 valence electrons. The van der Waals surface area contributed by atoms with Crippen molar-refractivity contribution in [1.29, 1.82) is 0 Å². The zero-order chi connectivity index (χ0) is 14.8. The second kappa shape index (κ2) is 5.44. The van der Waals surface area contributed by atoms with Crippen molar-refractivity contribution >= 4 is 11.5 Å². The first-order valence-electron chi connectivity index (χ1n) is 7.05. The highest BCUT2D eigenvalue weighted by Gasteiger charge is 2.25. The van der Waals surface area contributed by atoms with Crippen LogP contribution in [0, 0.1) is 0 Å². The van der Waals surface area contributed by atoms with Gasteiger partial charge in [0.1, 0.15) is 0 Å². The number of rotatable bonds is 3. The van der Waals surface area contributed by atoms with Gasteiger partial charge in [0, 0.05) is 17.7 Å². The number of hydrogen-bond acceptors (Lipinski definition) is 3. The van der Waals surface area contributed by atoms with E-state index in [0.29, 0.717) is 17.7 Å². The second-order valence-corrected chi connectivity index (χ2v) is 5.18. The number of aryl methyl sites for hydroxylation is 1. The summed E-state index contributed by atoms with van der Waals surface area (Å²) in [6.45, 7) is 4.30. The summed E-state index contributed by atoms with van der Waals surface area (Å²) in [5.41, 5.74) is 3.15. The van der Waals surface area contributed by atoms with Gasteiger partial charge in [0.2, 0.25) is 0 Å². The normalized spacial score (nSPS) is 13.6. The SMILES string of the molecule is C=C(O)N1CCCc2cccc(C(=O)c3ccccc3)c21. The molecule has 0 saturated heterocycles. The third-order valence-corrected chi connectivity index (χ3v) is 3.81. The molecule has 0 aliphatic carbocycles. The Morgan fingerprint density at radius 1 is 1.10 bits per heavy atom. The monoisotopic (exact) mass is 279 g/mol. The zero-order valence-electron chi connectivity index (χ0n) is 11.7. The van der Waals surface area contributed by atoms with Crippen molar-refractivity contribution in [2.75, 3.05) is 11.4 Å². The number of aliphatic hydroxyl groups is 1. The molecule has 0 fully saturated rings. The molecule has 1 aliphatic rings. The fourth-order valence-electron chi connectivity index (χ4n) is 2.84. The molecule has 0 unspecified atom stereocenters. The third-order valence-electron chi connectivity index (χ3n) is 3.81. The summed E-state index contributed by atoms with van der Waals surface area (Å²) < 4.78 is 0. The largest absolute Gasteiger partial charge is 0.495 e. The van der Waals surface area contributed by atoms with E-state index in [9.17, 15) is 9.90 Å². The maximum Gasteiger partial charge on any atom is 0.195 e. The maximum absolute atomic E-state index is 12.7. The number of ketones is 1. The molecule has 0 spiro atoms. The van der Waals surface area contributed by atoms with Gasteiger partial charge in [-0.05, 0) is 31.1 Å². The van der Waals surface area contributed by atoms with E-state index in [2.05, 4.69) is 6.58 Å². The lowest BCUT2D eigenvalue weighted by molar-refractivity contribution is 0.103. The van der Waals surface area contributed by atoms with Crippen molar-refractivity contribution in [2.45, 2.75) is 12.8 Å². The molecule has 1 aliphatic heterocycles. The Morgan fingerprint density at radius 2 is 1.86 bits per heavy atom. The van der Waals surface area contributed by atoms with E-state index in [1.807, 2.05) is 48.5 Å². The number of carbonyl (C=O) groups excluding carboxylic acids is 1. The molecule has 0 bridgehead atoms. The molecule has 0 radical (unpaired) electrons. The predicted octanol–water partition coefficient (Wildman–Crippen LogP) is 3.70. The summed E-state index contributed by atoms with van der Waals surface area (Å²) >= 11 is 0. The summed E-state index contributed by atoms with van der Waals surface area (Å²) in [6, 6.07) is 14.9. The Kier molecular flexibility index (Phi) is 3.48. The molecule has 0 saturated carbocycles. The topological polar surface area (TPSA) is 40.5 Å². The van der Waals surface area contributed by atoms with Crippen LogP contribution >= 0.6 is 0 Å². The van der Waals surface area contributed by atoms with Crippen LogP contribution in [0.25, 0.3) is 0 Å². The molecule has 1 N–H and O–H groups in total. The summed E-state index contributed by atoms with van der Waals surface area (Å²) in [6.07, 6.45) is 1.85. The average molecular weight is 279 g/mol. The third kappa shape index (κ3) is 2.42. The van der Waals surface area contributed by atoms with Gasteiger partial charge in [0.15, 0.2) is 11.7 Å². The number of carbonyl (C=O) groups is 1. The average Bonchev–Trinajstić information content (AvgIpc) is 2.53. The van der Waals surface area contributed by atoms with Crippen LogP contribution in [-0.4, -0.2) is 17.4 Å². The van der Waals surface area contributed by atoms with Gasteiger partial charge in [-0.3, -0.25) is 4.79 Å². The van der Waals surface area contributed by atoms with Gasteiger partial charge < -0.3 is 10.0 Å². The molecular formula is C18H17NO2. The zero-order valence-corrected chi connectivity index (χ0v) is 11.7. The van der Waals surface area contributed by atoms with Gasteiger partial charge in [0.25, 0.3) is 0 Å². The van der Waals surface area contributed by atoms with Crippen molar-refractivity contribution in [2.24, 2.45) is 0 Å². The van der Waals surface area contributed by atoms with E-state index < -0.39 is 0 Å². The highest BCUT2D eigenvalue weighted by atomic mass is 16.3.